The molecular weight excluding hydrogens is 356 g/mol. The standard InChI is InChI=1S/C22H22N2O2S/c1-15-8-6-7-11-18(15)22-24-16(2)20(27-22)14-23-21(26)13-12-19(25)17-9-4-3-5-10-17/h3-11H,12-14H2,1-2H3,(H,23,26). The zero-order valence-corrected chi connectivity index (χ0v) is 16.3. The van der Waals surface area contributed by atoms with Crippen LogP contribution in [0, 0.1) is 13.8 Å². The highest BCUT2D eigenvalue weighted by Gasteiger charge is 2.13. The summed E-state index contributed by atoms with van der Waals surface area (Å²) in [6.07, 6.45) is 0.405. The number of Topliss-reactive ketones (excluding diaryl/α,β-unsaturated/α-hetero) is 1. The van der Waals surface area contributed by atoms with Gasteiger partial charge >= 0.3 is 0 Å². The van der Waals surface area contributed by atoms with Crippen LogP contribution in [0.1, 0.15) is 39.3 Å². The van der Waals surface area contributed by atoms with Crippen molar-refractivity contribution >= 4 is 23.0 Å². The number of nitrogens with zero attached hydrogens (tertiary/aromatic N) is 1. The van der Waals surface area contributed by atoms with Crippen molar-refractivity contribution < 1.29 is 9.59 Å². The number of aryl methyl sites for hydroxylation is 2. The summed E-state index contributed by atoms with van der Waals surface area (Å²) < 4.78 is 0. The van der Waals surface area contributed by atoms with Gasteiger partial charge in [0.25, 0.3) is 0 Å². The molecule has 2 aromatic carbocycles. The molecular formula is C22H22N2O2S. The van der Waals surface area contributed by atoms with E-state index in [-0.39, 0.29) is 24.5 Å². The molecule has 0 radical (unpaired) electrons. The van der Waals surface area contributed by atoms with Crippen molar-refractivity contribution in [1.82, 2.24) is 10.3 Å². The maximum Gasteiger partial charge on any atom is 0.220 e. The molecule has 138 valence electrons. The molecule has 0 unspecified atom stereocenters. The first kappa shape index (κ1) is 19.0. The van der Waals surface area contributed by atoms with Gasteiger partial charge in [-0.05, 0) is 19.4 Å². The third kappa shape index (κ3) is 4.89. The maximum atomic E-state index is 12.1. The molecule has 5 heteroatoms. The highest BCUT2D eigenvalue weighted by molar-refractivity contribution is 7.15. The first-order chi connectivity index (χ1) is 13.0. The number of nitrogens with one attached hydrogen (secondary N) is 1. The molecule has 0 spiro atoms. The predicted octanol–water partition coefficient (Wildman–Crippen LogP) is 4.71. The van der Waals surface area contributed by atoms with Crippen molar-refractivity contribution in [2.45, 2.75) is 33.2 Å². The van der Waals surface area contributed by atoms with Crippen LogP contribution in [-0.4, -0.2) is 16.7 Å². The Labute approximate surface area is 163 Å². The largest absolute Gasteiger partial charge is 0.351 e. The topological polar surface area (TPSA) is 59.1 Å². The van der Waals surface area contributed by atoms with Gasteiger partial charge in [-0.2, -0.15) is 0 Å². The Kier molecular flexibility index (Phi) is 6.14. The lowest BCUT2D eigenvalue weighted by atomic mass is 10.1. The normalized spacial score (nSPS) is 10.6. The molecule has 0 bridgehead atoms. The SMILES string of the molecule is Cc1ccccc1-c1nc(C)c(CNC(=O)CCC(=O)c2ccccc2)s1. The summed E-state index contributed by atoms with van der Waals surface area (Å²) in [5.74, 6) is -0.133. The molecule has 0 aliphatic rings. The summed E-state index contributed by atoms with van der Waals surface area (Å²) in [6.45, 7) is 4.46. The smallest absolute Gasteiger partial charge is 0.220 e. The zero-order valence-electron chi connectivity index (χ0n) is 15.5. The lowest BCUT2D eigenvalue weighted by Crippen LogP contribution is -2.23. The molecule has 0 fully saturated rings. The first-order valence-corrected chi connectivity index (χ1v) is 9.73. The second kappa shape index (κ2) is 8.73. The van der Waals surface area contributed by atoms with E-state index in [0.717, 1.165) is 21.1 Å². The molecule has 1 amide bonds. The van der Waals surface area contributed by atoms with Gasteiger partial charge in [0.2, 0.25) is 5.91 Å². The molecule has 0 aliphatic heterocycles. The van der Waals surface area contributed by atoms with Crippen LogP contribution in [0.3, 0.4) is 0 Å². The Morgan fingerprint density at radius 3 is 2.41 bits per heavy atom. The van der Waals surface area contributed by atoms with Gasteiger partial charge in [0.1, 0.15) is 5.01 Å². The number of benzene rings is 2. The zero-order chi connectivity index (χ0) is 19.2. The Bertz CT molecular complexity index is 948. The summed E-state index contributed by atoms with van der Waals surface area (Å²) in [5.41, 5.74) is 3.88. The highest BCUT2D eigenvalue weighted by Crippen LogP contribution is 2.29. The van der Waals surface area contributed by atoms with Gasteiger partial charge in [0.05, 0.1) is 12.2 Å². The Hall–Kier alpha value is -2.79. The van der Waals surface area contributed by atoms with Crippen LogP contribution in [-0.2, 0) is 11.3 Å². The Morgan fingerprint density at radius 1 is 0.963 bits per heavy atom. The van der Waals surface area contributed by atoms with Crippen LogP contribution in [0.15, 0.2) is 54.6 Å². The summed E-state index contributed by atoms with van der Waals surface area (Å²) in [6, 6.07) is 17.2. The van der Waals surface area contributed by atoms with E-state index in [9.17, 15) is 9.59 Å². The number of thiazole rings is 1. The summed E-state index contributed by atoms with van der Waals surface area (Å²) >= 11 is 1.60. The average Bonchev–Trinajstić information content (AvgIpc) is 3.06. The predicted molar refractivity (Wildman–Crippen MR) is 109 cm³/mol. The number of carbonyl (C=O) groups is 2. The van der Waals surface area contributed by atoms with E-state index >= 15 is 0 Å². The molecule has 4 nitrogen and oxygen atoms in total. The molecule has 1 heterocycles. The van der Waals surface area contributed by atoms with Gasteiger partial charge in [-0.3, -0.25) is 9.59 Å². The van der Waals surface area contributed by atoms with Crippen molar-refractivity contribution in [3.63, 3.8) is 0 Å². The second-order valence-corrected chi connectivity index (χ2v) is 7.49. The van der Waals surface area contributed by atoms with Gasteiger partial charge in [-0.1, -0.05) is 54.6 Å². The third-order valence-electron chi connectivity index (χ3n) is 4.39. The Morgan fingerprint density at radius 2 is 1.67 bits per heavy atom. The summed E-state index contributed by atoms with van der Waals surface area (Å²) in [5, 5.41) is 3.87. The van der Waals surface area contributed by atoms with E-state index < -0.39 is 0 Å². The molecule has 0 atom stereocenters. The maximum absolute atomic E-state index is 12.1. The van der Waals surface area contributed by atoms with Gasteiger partial charge in [-0.15, -0.1) is 11.3 Å². The summed E-state index contributed by atoms with van der Waals surface area (Å²) in [4.78, 5) is 29.9. The van der Waals surface area contributed by atoms with E-state index in [4.69, 9.17) is 0 Å². The fourth-order valence-corrected chi connectivity index (χ4v) is 3.88. The van der Waals surface area contributed by atoms with E-state index in [1.807, 2.05) is 37.3 Å². The highest BCUT2D eigenvalue weighted by atomic mass is 32.1. The van der Waals surface area contributed by atoms with Crippen LogP contribution in [0.2, 0.25) is 0 Å². The molecule has 0 saturated heterocycles. The van der Waals surface area contributed by atoms with Crippen molar-refractivity contribution in [1.29, 1.82) is 0 Å². The van der Waals surface area contributed by atoms with E-state index in [1.165, 1.54) is 5.56 Å². The minimum Gasteiger partial charge on any atom is -0.351 e. The van der Waals surface area contributed by atoms with Crippen LogP contribution in [0.5, 0.6) is 0 Å². The lowest BCUT2D eigenvalue weighted by Gasteiger charge is -2.04. The molecule has 1 aromatic heterocycles. The van der Waals surface area contributed by atoms with Gasteiger partial charge in [-0.25, -0.2) is 4.98 Å². The minimum absolute atomic E-state index is 0.0124. The average molecular weight is 378 g/mol. The van der Waals surface area contributed by atoms with Crippen LogP contribution < -0.4 is 5.32 Å². The van der Waals surface area contributed by atoms with Crippen molar-refractivity contribution in [3.8, 4) is 10.6 Å². The van der Waals surface area contributed by atoms with Crippen molar-refractivity contribution in [3.05, 3.63) is 76.3 Å². The van der Waals surface area contributed by atoms with Crippen LogP contribution >= 0.6 is 11.3 Å². The first-order valence-electron chi connectivity index (χ1n) is 8.92. The Balaban J connectivity index is 1.55. The van der Waals surface area contributed by atoms with Crippen molar-refractivity contribution in [2.24, 2.45) is 0 Å². The number of carbonyl (C=O) groups excluding carboxylic acids is 2. The number of ketones is 1. The monoisotopic (exact) mass is 378 g/mol. The minimum atomic E-state index is -0.121. The number of aromatic nitrogens is 1. The second-order valence-electron chi connectivity index (χ2n) is 6.41. The molecule has 3 aromatic rings. The number of hydrogen-bond acceptors (Lipinski definition) is 4. The fraction of sp³-hybridized carbons (Fsp3) is 0.227. The van der Waals surface area contributed by atoms with E-state index in [2.05, 4.69) is 29.4 Å². The number of rotatable bonds is 7. The van der Waals surface area contributed by atoms with Crippen molar-refractivity contribution in [2.75, 3.05) is 0 Å². The molecule has 27 heavy (non-hydrogen) atoms. The number of amides is 1. The van der Waals surface area contributed by atoms with Gasteiger partial charge in [0, 0.05) is 28.8 Å². The van der Waals surface area contributed by atoms with E-state index in [1.54, 1.807) is 23.5 Å². The van der Waals surface area contributed by atoms with Gasteiger partial charge in [0.15, 0.2) is 5.78 Å². The third-order valence-corrected chi connectivity index (χ3v) is 5.58. The molecule has 0 saturated carbocycles. The van der Waals surface area contributed by atoms with Crippen LogP contribution in [0.4, 0.5) is 0 Å². The lowest BCUT2D eigenvalue weighted by molar-refractivity contribution is -0.121. The fourth-order valence-electron chi connectivity index (χ4n) is 2.78. The molecule has 0 aliphatic carbocycles. The van der Waals surface area contributed by atoms with Crippen LogP contribution in [0.25, 0.3) is 10.6 Å². The number of hydrogen-bond donors (Lipinski definition) is 1. The van der Waals surface area contributed by atoms with Gasteiger partial charge < -0.3 is 5.32 Å². The van der Waals surface area contributed by atoms with E-state index in [0.29, 0.717) is 12.1 Å². The molecule has 3 rings (SSSR count). The summed E-state index contributed by atoms with van der Waals surface area (Å²) in [7, 11) is 0. The quantitative estimate of drug-likeness (QED) is 0.606. The molecule has 1 N–H and O–H groups in total.